The lowest BCUT2D eigenvalue weighted by Crippen LogP contribution is -2.50. The first kappa shape index (κ1) is 23.4. The van der Waals surface area contributed by atoms with Crippen LogP contribution in [0.2, 0.25) is 0 Å². The van der Waals surface area contributed by atoms with E-state index in [-0.39, 0.29) is 29.1 Å². The number of halogens is 5. The lowest BCUT2D eigenvalue weighted by molar-refractivity contribution is -0.0768. The molecule has 0 saturated heterocycles. The first-order chi connectivity index (χ1) is 15.0. The van der Waals surface area contributed by atoms with E-state index >= 15 is 0 Å². The molecule has 12 heteroatoms. The number of rotatable bonds is 6. The number of nitrogens with two attached hydrogens (primary N) is 1. The third-order valence-electron chi connectivity index (χ3n) is 4.82. The van der Waals surface area contributed by atoms with Gasteiger partial charge in [-0.1, -0.05) is 0 Å². The highest BCUT2D eigenvalue weighted by Gasteiger charge is 2.41. The van der Waals surface area contributed by atoms with Crippen LogP contribution in [0.1, 0.15) is 40.7 Å². The fourth-order valence-corrected chi connectivity index (χ4v) is 3.21. The van der Waals surface area contributed by atoms with Crippen molar-refractivity contribution < 1.29 is 36.6 Å². The van der Waals surface area contributed by atoms with E-state index in [2.05, 4.69) is 20.0 Å². The van der Waals surface area contributed by atoms with Crippen molar-refractivity contribution in [2.24, 2.45) is 0 Å². The number of benzene rings is 1. The highest BCUT2D eigenvalue weighted by Crippen LogP contribution is 2.34. The number of nitrogens with zero attached hydrogens (tertiary/aromatic N) is 2. The molecule has 1 aromatic carbocycles. The van der Waals surface area contributed by atoms with E-state index in [1.807, 2.05) is 0 Å². The summed E-state index contributed by atoms with van der Waals surface area (Å²) in [4.78, 5) is 19.8. The Morgan fingerprint density at radius 3 is 2.62 bits per heavy atom. The number of nitrogens with one attached hydrogen (secondary N) is 1. The maximum absolute atomic E-state index is 14.6. The minimum atomic E-state index is -3.22. The molecule has 1 fully saturated rings. The minimum Gasteiger partial charge on any atom is -0.434 e. The summed E-state index contributed by atoms with van der Waals surface area (Å²) in [5, 5.41) is 12.2. The van der Waals surface area contributed by atoms with Gasteiger partial charge in [0.1, 0.15) is 11.6 Å². The number of aliphatic hydroxyl groups is 1. The molecule has 1 aromatic heterocycles. The first-order valence-electron chi connectivity index (χ1n) is 9.45. The highest BCUT2D eigenvalue weighted by atomic mass is 19.3. The number of hydrogen-bond acceptors (Lipinski definition) is 6. The van der Waals surface area contributed by atoms with Crippen molar-refractivity contribution in [1.82, 2.24) is 15.3 Å². The molecule has 1 heterocycles. The number of amides is 1. The minimum absolute atomic E-state index is 0.0996. The number of anilines is 1. The van der Waals surface area contributed by atoms with Crippen LogP contribution in [0.3, 0.4) is 0 Å². The highest BCUT2D eigenvalue weighted by molar-refractivity contribution is 5.96. The van der Waals surface area contributed by atoms with Crippen LogP contribution < -0.4 is 15.8 Å². The van der Waals surface area contributed by atoms with Gasteiger partial charge in [0, 0.05) is 41.9 Å². The van der Waals surface area contributed by atoms with E-state index in [0.29, 0.717) is 0 Å². The standard InChI is InChI=1S/C20H19F5N4O3/c21-13(12-8-27-19(26)28-9-12)6-11-5-10(1-2-16(11)32-18(22)23)17(31)29-14-7-20(24,25)4-3-15(14)30/h1-2,5-6,8-9,14-15,18,30H,3-4,7H2,(H,29,31)(H2,26,27,28)/b13-6-/t14-,15-/m0/s1. The Bertz CT molecular complexity index is 1000. The van der Waals surface area contributed by atoms with Crippen molar-refractivity contribution in [2.75, 3.05) is 5.73 Å². The number of aliphatic hydroxyl groups excluding tert-OH is 1. The zero-order chi connectivity index (χ0) is 23.5. The van der Waals surface area contributed by atoms with Crippen molar-refractivity contribution in [2.45, 2.75) is 43.9 Å². The predicted octanol–water partition coefficient (Wildman–Crippen LogP) is 3.41. The van der Waals surface area contributed by atoms with Crippen LogP contribution in [0, 0.1) is 0 Å². The molecule has 0 bridgehead atoms. The molecule has 32 heavy (non-hydrogen) atoms. The average Bonchev–Trinajstić information content (AvgIpc) is 2.72. The zero-order valence-electron chi connectivity index (χ0n) is 16.4. The van der Waals surface area contributed by atoms with Gasteiger partial charge >= 0.3 is 6.61 Å². The largest absolute Gasteiger partial charge is 0.434 e. The van der Waals surface area contributed by atoms with Crippen LogP contribution >= 0.6 is 0 Å². The SMILES string of the molecule is Nc1ncc(/C(F)=C/c2cc(C(=O)N[C@H]3CC(F)(F)CC[C@@H]3O)ccc2OC(F)F)cn1. The second-order valence-electron chi connectivity index (χ2n) is 7.20. The molecule has 0 unspecified atom stereocenters. The third kappa shape index (κ3) is 5.90. The second kappa shape index (κ2) is 9.47. The van der Waals surface area contributed by atoms with Crippen molar-refractivity contribution in [3.63, 3.8) is 0 Å². The Morgan fingerprint density at radius 1 is 1.28 bits per heavy atom. The number of carbonyl (C=O) groups excluding carboxylic acids is 1. The second-order valence-corrected chi connectivity index (χ2v) is 7.20. The lowest BCUT2D eigenvalue weighted by atomic mass is 9.89. The van der Waals surface area contributed by atoms with E-state index in [4.69, 9.17) is 5.73 Å². The summed E-state index contributed by atoms with van der Waals surface area (Å²) in [5.74, 6) is -5.33. The Morgan fingerprint density at radius 2 is 1.97 bits per heavy atom. The number of alkyl halides is 4. The van der Waals surface area contributed by atoms with Crippen molar-refractivity contribution >= 4 is 23.8 Å². The van der Waals surface area contributed by atoms with Crippen LogP contribution in [0.4, 0.5) is 27.9 Å². The molecule has 1 amide bonds. The van der Waals surface area contributed by atoms with E-state index < -0.39 is 55.0 Å². The van der Waals surface area contributed by atoms with E-state index in [9.17, 15) is 31.9 Å². The van der Waals surface area contributed by atoms with Gasteiger partial charge in [0.25, 0.3) is 5.91 Å². The first-order valence-corrected chi connectivity index (χ1v) is 9.45. The lowest BCUT2D eigenvalue weighted by Gasteiger charge is -2.33. The monoisotopic (exact) mass is 458 g/mol. The molecule has 172 valence electrons. The third-order valence-corrected chi connectivity index (χ3v) is 4.82. The summed E-state index contributed by atoms with van der Waals surface area (Å²) in [6.45, 7) is -3.22. The smallest absolute Gasteiger partial charge is 0.387 e. The molecule has 1 saturated carbocycles. The average molecular weight is 458 g/mol. The molecule has 4 N–H and O–H groups in total. The summed E-state index contributed by atoms with van der Waals surface area (Å²) in [6.07, 6.45) is 0.372. The van der Waals surface area contributed by atoms with Crippen LogP contribution in [0.5, 0.6) is 5.75 Å². The topological polar surface area (TPSA) is 110 Å². The Balaban J connectivity index is 1.88. The van der Waals surface area contributed by atoms with E-state index in [1.54, 1.807) is 0 Å². The Labute approximate surface area is 179 Å². The molecule has 2 aromatic rings. The summed E-state index contributed by atoms with van der Waals surface area (Å²) in [6, 6.07) is 1.98. The summed E-state index contributed by atoms with van der Waals surface area (Å²) >= 11 is 0. The van der Waals surface area contributed by atoms with Gasteiger partial charge in [-0.15, -0.1) is 0 Å². The van der Waals surface area contributed by atoms with Crippen LogP contribution in [-0.2, 0) is 0 Å². The van der Waals surface area contributed by atoms with Crippen molar-refractivity contribution in [1.29, 1.82) is 0 Å². The van der Waals surface area contributed by atoms with Gasteiger partial charge in [0.15, 0.2) is 0 Å². The maximum atomic E-state index is 14.6. The van der Waals surface area contributed by atoms with Crippen molar-refractivity contribution in [3.05, 3.63) is 47.3 Å². The molecule has 0 radical (unpaired) electrons. The van der Waals surface area contributed by atoms with Gasteiger partial charge in [0.2, 0.25) is 11.9 Å². The number of hydrogen-bond donors (Lipinski definition) is 3. The van der Waals surface area contributed by atoms with Gasteiger partial charge in [0.05, 0.1) is 12.1 Å². The van der Waals surface area contributed by atoms with Gasteiger partial charge in [-0.3, -0.25) is 4.79 Å². The maximum Gasteiger partial charge on any atom is 0.387 e. The molecular formula is C20H19F5N4O3. The number of aromatic nitrogens is 2. The molecule has 2 atom stereocenters. The van der Waals surface area contributed by atoms with Crippen LogP contribution in [-0.4, -0.2) is 45.7 Å². The van der Waals surface area contributed by atoms with Gasteiger partial charge in [-0.25, -0.2) is 23.1 Å². The molecule has 3 rings (SSSR count). The molecule has 7 nitrogen and oxygen atoms in total. The van der Waals surface area contributed by atoms with E-state index in [0.717, 1.165) is 36.7 Å². The van der Waals surface area contributed by atoms with Gasteiger partial charge in [-0.2, -0.15) is 8.78 Å². The summed E-state index contributed by atoms with van der Waals surface area (Å²) < 4.78 is 71.7. The number of nitrogen functional groups attached to an aromatic ring is 1. The fourth-order valence-electron chi connectivity index (χ4n) is 3.21. The number of ether oxygens (including phenoxy) is 1. The van der Waals surface area contributed by atoms with E-state index in [1.165, 1.54) is 0 Å². The van der Waals surface area contributed by atoms with Crippen LogP contribution in [0.15, 0.2) is 30.6 Å². The Hall–Kier alpha value is -3.28. The molecule has 1 aliphatic carbocycles. The quantitative estimate of drug-likeness (QED) is 0.573. The molecule has 0 aliphatic heterocycles. The molecule has 1 aliphatic rings. The summed E-state index contributed by atoms with van der Waals surface area (Å²) in [7, 11) is 0. The van der Waals surface area contributed by atoms with Gasteiger partial charge < -0.3 is 20.9 Å². The zero-order valence-corrected chi connectivity index (χ0v) is 16.4. The van der Waals surface area contributed by atoms with Crippen molar-refractivity contribution in [3.8, 4) is 5.75 Å². The Kier molecular flexibility index (Phi) is 6.92. The molecule has 0 spiro atoms. The van der Waals surface area contributed by atoms with Gasteiger partial charge in [-0.05, 0) is 30.7 Å². The fraction of sp³-hybridized carbons (Fsp3) is 0.350. The number of carbonyl (C=O) groups is 1. The molecular weight excluding hydrogens is 439 g/mol. The summed E-state index contributed by atoms with van der Waals surface area (Å²) in [5.41, 5.74) is 4.87. The normalized spacial score (nSPS) is 20.8. The van der Waals surface area contributed by atoms with Crippen LogP contribution in [0.25, 0.3) is 11.9 Å². The predicted molar refractivity (Wildman–Crippen MR) is 105 cm³/mol.